The molecule has 0 amide bonds. The van der Waals surface area contributed by atoms with E-state index in [2.05, 4.69) is 15.6 Å². The largest absolute Gasteiger partial charge is 0.497 e. The zero-order valence-corrected chi connectivity index (χ0v) is 19.1. The molecule has 0 aliphatic carbocycles. The van der Waals surface area contributed by atoms with E-state index in [1.165, 1.54) is 31.0 Å². The highest BCUT2D eigenvalue weighted by Gasteiger charge is 2.31. The van der Waals surface area contributed by atoms with Gasteiger partial charge in [-0.15, -0.1) is 0 Å². The Morgan fingerprint density at radius 3 is 2.76 bits per heavy atom. The van der Waals surface area contributed by atoms with Crippen molar-refractivity contribution >= 4 is 23.1 Å². The van der Waals surface area contributed by atoms with Crippen LogP contribution in [0, 0.1) is 17.6 Å². The molecule has 0 bridgehead atoms. The summed E-state index contributed by atoms with van der Waals surface area (Å²) in [5, 5.41) is 6.79. The van der Waals surface area contributed by atoms with E-state index in [9.17, 15) is 8.78 Å². The van der Waals surface area contributed by atoms with Gasteiger partial charge in [0.05, 0.1) is 26.5 Å². The molecular formula is C25H28F2N6O. The lowest BCUT2D eigenvalue weighted by molar-refractivity contribution is 0.392. The zero-order valence-electron chi connectivity index (χ0n) is 19.1. The number of nitrogens with one attached hydrogen (secondary N) is 2. The summed E-state index contributed by atoms with van der Waals surface area (Å²) >= 11 is 0. The summed E-state index contributed by atoms with van der Waals surface area (Å²) in [7, 11) is 1.62. The quantitative estimate of drug-likeness (QED) is 0.539. The standard InChI is InChI=1S/C25H28F2N6O/c1-34-19-7-2-6-18(11-19)33-16-32(15-20-21(26)8-3-9-22(20)27)23-14-30-25(31-24(23)33)29-13-17-5-4-10-28-12-17/h2-3,6-9,11,14,17,28H,4-5,10,12-13,15-16H2,1H3,(H,29,30,31). The Morgan fingerprint density at radius 1 is 1.18 bits per heavy atom. The van der Waals surface area contributed by atoms with Crippen LogP contribution in [0.1, 0.15) is 18.4 Å². The maximum Gasteiger partial charge on any atom is 0.224 e. The van der Waals surface area contributed by atoms with Gasteiger partial charge in [0.25, 0.3) is 0 Å². The molecule has 0 radical (unpaired) electrons. The van der Waals surface area contributed by atoms with Gasteiger partial charge in [-0.25, -0.2) is 13.8 Å². The van der Waals surface area contributed by atoms with E-state index < -0.39 is 11.6 Å². The normalized spacial score (nSPS) is 17.6. The van der Waals surface area contributed by atoms with Gasteiger partial charge < -0.3 is 25.2 Å². The molecule has 7 nitrogen and oxygen atoms in total. The second kappa shape index (κ2) is 9.80. The van der Waals surface area contributed by atoms with E-state index in [-0.39, 0.29) is 12.1 Å². The maximum atomic E-state index is 14.4. The van der Waals surface area contributed by atoms with E-state index in [1.807, 2.05) is 34.1 Å². The Bertz CT molecular complexity index is 1130. The zero-order chi connectivity index (χ0) is 23.5. The summed E-state index contributed by atoms with van der Waals surface area (Å²) in [5.41, 5.74) is 1.61. The highest BCUT2D eigenvalue weighted by molar-refractivity contribution is 5.79. The first-order valence-corrected chi connectivity index (χ1v) is 11.5. The number of hydrogen-bond donors (Lipinski definition) is 2. The van der Waals surface area contributed by atoms with Gasteiger partial charge in [-0.05, 0) is 56.1 Å². The average Bonchev–Trinajstić information content (AvgIpc) is 3.23. The third-order valence-corrected chi connectivity index (χ3v) is 6.38. The van der Waals surface area contributed by atoms with Gasteiger partial charge in [0.1, 0.15) is 23.1 Å². The van der Waals surface area contributed by atoms with Gasteiger partial charge >= 0.3 is 0 Å². The van der Waals surface area contributed by atoms with Crippen molar-refractivity contribution in [3.05, 3.63) is 65.9 Å². The Labute approximate surface area is 197 Å². The summed E-state index contributed by atoms with van der Waals surface area (Å²) in [5.74, 6) is 1.33. The number of ether oxygens (including phenoxy) is 1. The molecule has 178 valence electrons. The number of benzene rings is 2. The predicted octanol–water partition coefficient (Wildman–Crippen LogP) is 4.29. The molecule has 0 spiro atoms. The summed E-state index contributed by atoms with van der Waals surface area (Å²) in [6.07, 6.45) is 4.06. The van der Waals surface area contributed by atoms with E-state index in [0.717, 1.165) is 36.8 Å². The molecule has 9 heteroatoms. The Balaban J connectivity index is 1.45. The molecule has 3 aromatic rings. The second-order valence-corrected chi connectivity index (χ2v) is 8.66. The number of hydrogen-bond acceptors (Lipinski definition) is 7. The molecule has 2 N–H and O–H groups in total. The number of piperidine rings is 1. The minimum atomic E-state index is -0.568. The molecule has 0 saturated carbocycles. The van der Waals surface area contributed by atoms with Crippen LogP contribution in [0.3, 0.4) is 0 Å². The molecule has 1 saturated heterocycles. The Hall–Kier alpha value is -3.46. The molecule has 5 rings (SSSR count). The maximum absolute atomic E-state index is 14.4. The molecule has 1 aromatic heterocycles. The number of halogens is 2. The van der Waals surface area contributed by atoms with Crippen LogP contribution in [0.5, 0.6) is 5.75 Å². The molecule has 1 atom stereocenters. The fraction of sp³-hybridized carbons (Fsp3) is 0.360. The SMILES string of the molecule is COc1cccc(N2CN(Cc3c(F)cccc3F)c3cnc(NCC4CCCNC4)nc32)c1. The van der Waals surface area contributed by atoms with Gasteiger partial charge in [-0.1, -0.05) is 12.1 Å². The van der Waals surface area contributed by atoms with Crippen LogP contribution in [-0.4, -0.2) is 43.4 Å². The van der Waals surface area contributed by atoms with E-state index in [4.69, 9.17) is 9.72 Å². The second-order valence-electron chi connectivity index (χ2n) is 8.66. The number of fused-ring (bicyclic) bond motifs is 1. The summed E-state index contributed by atoms with van der Waals surface area (Å²) in [6, 6.07) is 11.6. The van der Waals surface area contributed by atoms with Crippen molar-refractivity contribution in [1.29, 1.82) is 0 Å². The van der Waals surface area contributed by atoms with Crippen LogP contribution in [0.15, 0.2) is 48.7 Å². The number of rotatable bonds is 7. The number of aromatic nitrogens is 2. The third kappa shape index (κ3) is 4.61. The minimum absolute atomic E-state index is 0.0212. The number of anilines is 4. The summed E-state index contributed by atoms with van der Waals surface area (Å²) < 4.78 is 34.2. The van der Waals surface area contributed by atoms with Crippen LogP contribution in [0.4, 0.5) is 31.9 Å². The molecule has 3 heterocycles. The first-order chi connectivity index (χ1) is 16.6. The van der Waals surface area contributed by atoms with Crippen LogP contribution in [0.25, 0.3) is 0 Å². The third-order valence-electron chi connectivity index (χ3n) is 6.38. The van der Waals surface area contributed by atoms with Crippen molar-refractivity contribution in [3.63, 3.8) is 0 Å². The first kappa shape index (κ1) is 22.3. The monoisotopic (exact) mass is 466 g/mol. The lowest BCUT2D eigenvalue weighted by Gasteiger charge is -2.23. The van der Waals surface area contributed by atoms with Crippen molar-refractivity contribution in [1.82, 2.24) is 15.3 Å². The van der Waals surface area contributed by atoms with Gasteiger partial charge in [0.2, 0.25) is 5.95 Å². The predicted molar refractivity (Wildman–Crippen MR) is 129 cm³/mol. The topological polar surface area (TPSA) is 65.6 Å². The number of methoxy groups -OCH3 is 1. The van der Waals surface area contributed by atoms with E-state index in [0.29, 0.717) is 24.4 Å². The molecule has 34 heavy (non-hydrogen) atoms. The molecule has 1 unspecified atom stereocenters. The van der Waals surface area contributed by atoms with E-state index in [1.54, 1.807) is 13.3 Å². The summed E-state index contributed by atoms with van der Waals surface area (Å²) in [6.45, 7) is 3.28. The van der Waals surface area contributed by atoms with Crippen LogP contribution >= 0.6 is 0 Å². The van der Waals surface area contributed by atoms with Crippen LogP contribution in [-0.2, 0) is 6.54 Å². The highest BCUT2D eigenvalue weighted by atomic mass is 19.1. The van der Waals surface area contributed by atoms with Crippen LogP contribution in [0.2, 0.25) is 0 Å². The van der Waals surface area contributed by atoms with Gasteiger partial charge in [-0.2, -0.15) is 4.98 Å². The molecule has 2 aliphatic heterocycles. The van der Waals surface area contributed by atoms with Crippen molar-refractivity contribution < 1.29 is 13.5 Å². The molecular weight excluding hydrogens is 438 g/mol. The van der Waals surface area contributed by atoms with E-state index >= 15 is 0 Å². The first-order valence-electron chi connectivity index (χ1n) is 11.5. The molecule has 2 aromatic carbocycles. The number of nitrogens with zero attached hydrogens (tertiary/aromatic N) is 4. The van der Waals surface area contributed by atoms with Crippen molar-refractivity contribution in [2.45, 2.75) is 19.4 Å². The minimum Gasteiger partial charge on any atom is -0.497 e. The Morgan fingerprint density at radius 2 is 2.00 bits per heavy atom. The highest BCUT2D eigenvalue weighted by Crippen LogP contribution is 2.41. The fourth-order valence-corrected chi connectivity index (χ4v) is 4.51. The van der Waals surface area contributed by atoms with Crippen LogP contribution < -0.4 is 25.2 Å². The van der Waals surface area contributed by atoms with Crippen molar-refractivity contribution in [3.8, 4) is 5.75 Å². The fourth-order valence-electron chi connectivity index (χ4n) is 4.51. The van der Waals surface area contributed by atoms with Gasteiger partial charge in [0, 0.05) is 23.9 Å². The lowest BCUT2D eigenvalue weighted by atomic mass is 10.00. The van der Waals surface area contributed by atoms with Crippen molar-refractivity contribution in [2.75, 3.05) is 48.5 Å². The smallest absolute Gasteiger partial charge is 0.224 e. The van der Waals surface area contributed by atoms with Gasteiger partial charge in [0.15, 0.2) is 5.82 Å². The average molecular weight is 467 g/mol. The van der Waals surface area contributed by atoms with Crippen molar-refractivity contribution in [2.24, 2.45) is 5.92 Å². The van der Waals surface area contributed by atoms with Gasteiger partial charge in [-0.3, -0.25) is 0 Å². The molecule has 2 aliphatic rings. The summed E-state index contributed by atoms with van der Waals surface area (Å²) in [4.78, 5) is 13.2. The Kier molecular flexibility index (Phi) is 6.44. The molecule has 1 fully saturated rings. The lowest BCUT2D eigenvalue weighted by Crippen LogP contribution is -2.33.